The van der Waals surface area contributed by atoms with E-state index < -0.39 is 24.7 Å². The number of nitrogens with zero attached hydrogens (tertiary/aromatic N) is 1. The Kier molecular flexibility index (Phi) is 3.88. The van der Waals surface area contributed by atoms with Gasteiger partial charge in [-0.3, -0.25) is 10.1 Å². The molecule has 1 rings (SSSR count). The van der Waals surface area contributed by atoms with Gasteiger partial charge in [-0.1, -0.05) is 0 Å². The lowest BCUT2D eigenvalue weighted by Gasteiger charge is -2.14. The van der Waals surface area contributed by atoms with Crippen LogP contribution >= 0.6 is 0 Å². The molecule has 0 aliphatic rings. The number of nitrogens with one attached hydrogen (secondary N) is 2. The number of carbonyl (C=O) groups is 1. The molecule has 0 fully saturated rings. The summed E-state index contributed by atoms with van der Waals surface area (Å²) in [5.41, 5.74) is 0.391. The molecule has 5 nitrogen and oxygen atoms in total. The fraction of sp³-hybridized carbons (Fsp3) is 0.500. The Hall–Kier alpha value is -1.57. The van der Waals surface area contributed by atoms with Crippen LogP contribution in [0.25, 0.3) is 0 Å². The van der Waals surface area contributed by atoms with Crippen molar-refractivity contribution in [1.82, 2.24) is 15.3 Å². The van der Waals surface area contributed by atoms with Crippen molar-refractivity contribution < 1.29 is 23.1 Å². The zero-order chi connectivity index (χ0) is 12.2. The van der Waals surface area contributed by atoms with E-state index in [1.165, 1.54) is 12.5 Å². The van der Waals surface area contributed by atoms with Gasteiger partial charge >= 0.3 is 12.1 Å². The Morgan fingerprint density at radius 1 is 1.62 bits per heavy atom. The van der Waals surface area contributed by atoms with E-state index >= 15 is 0 Å². The molecule has 0 bridgehead atoms. The molecular weight excluding hydrogens is 227 g/mol. The fourth-order valence-electron chi connectivity index (χ4n) is 1.10. The lowest BCUT2D eigenvalue weighted by Crippen LogP contribution is -2.43. The van der Waals surface area contributed by atoms with Crippen molar-refractivity contribution in [3.63, 3.8) is 0 Å². The molecule has 0 aliphatic heterocycles. The van der Waals surface area contributed by atoms with Crippen molar-refractivity contribution in [3.05, 3.63) is 18.2 Å². The number of carboxylic acid groups (broad SMARTS) is 1. The molecule has 0 unspecified atom stereocenters. The highest BCUT2D eigenvalue weighted by atomic mass is 19.4. The summed E-state index contributed by atoms with van der Waals surface area (Å²) in [6.07, 6.45) is -1.77. The highest BCUT2D eigenvalue weighted by molar-refractivity contribution is 5.73. The van der Waals surface area contributed by atoms with Crippen LogP contribution in [0.3, 0.4) is 0 Å². The second-order valence-corrected chi connectivity index (χ2v) is 3.15. The van der Waals surface area contributed by atoms with Crippen molar-refractivity contribution in [2.75, 3.05) is 6.54 Å². The van der Waals surface area contributed by atoms with Crippen LogP contribution in [0, 0.1) is 0 Å². The van der Waals surface area contributed by atoms with Gasteiger partial charge in [0.25, 0.3) is 0 Å². The van der Waals surface area contributed by atoms with Crippen molar-refractivity contribution in [2.45, 2.75) is 18.6 Å². The maximum atomic E-state index is 11.9. The Morgan fingerprint density at radius 3 is 2.75 bits per heavy atom. The van der Waals surface area contributed by atoms with Crippen molar-refractivity contribution in [2.24, 2.45) is 0 Å². The molecule has 90 valence electrons. The first-order chi connectivity index (χ1) is 7.38. The van der Waals surface area contributed by atoms with Crippen LogP contribution in [0.15, 0.2) is 12.5 Å². The van der Waals surface area contributed by atoms with Gasteiger partial charge < -0.3 is 10.1 Å². The first kappa shape index (κ1) is 12.5. The largest absolute Gasteiger partial charge is 0.480 e. The predicted molar refractivity (Wildman–Crippen MR) is 47.8 cm³/mol. The summed E-state index contributed by atoms with van der Waals surface area (Å²) in [5.74, 6) is -1.34. The van der Waals surface area contributed by atoms with Crippen LogP contribution in [0.1, 0.15) is 5.69 Å². The number of hydrogen-bond acceptors (Lipinski definition) is 3. The first-order valence-corrected chi connectivity index (χ1v) is 4.39. The summed E-state index contributed by atoms with van der Waals surface area (Å²) in [5, 5.41) is 10.6. The summed E-state index contributed by atoms with van der Waals surface area (Å²) >= 11 is 0. The number of rotatable bonds is 5. The highest BCUT2D eigenvalue weighted by Crippen LogP contribution is 2.13. The maximum Gasteiger partial charge on any atom is 0.401 e. The monoisotopic (exact) mass is 237 g/mol. The first-order valence-electron chi connectivity index (χ1n) is 4.39. The number of imidazole rings is 1. The van der Waals surface area contributed by atoms with Gasteiger partial charge in [-0.15, -0.1) is 0 Å². The van der Waals surface area contributed by atoms with Gasteiger partial charge in [0.15, 0.2) is 0 Å². The van der Waals surface area contributed by atoms with Crippen molar-refractivity contribution in [1.29, 1.82) is 0 Å². The summed E-state index contributed by atoms with van der Waals surface area (Å²) in [4.78, 5) is 17.0. The molecule has 0 amide bonds. The van der Waals surface area contributed by atoms with Gasteiger partial charge in [0.05, 0.1) is 18.6 Å². The SMILES string of the molecule is O=C(O)[C@H](Cc1c[nH]cn1)NCC(F)(F)F. The van der Waals surface area contributed by atoms with E-state index in [2.05, 4.69) is 9.97 Å². The molecule has 3 N–H and O–H groups in total. The van der Waals surface area contributed by atoms with Gasteiger partial charge in [0, 0.05) is 12.6 Å². The van der Waals surface area contributed by atoms with E-state index in [9.17, 15) is 18.0 Å². The lowest BCUT2D eigenvalue weighted by molar-refractivity contribution is -0.143. The third kappa shape index (κ3) is 4.30. The number of aromatic amines is 1. The standard InChI is InChI=1S/C8H10F3N3O2/c9-8(10,11)3-13-6(7(15)16)1-5-2-12-4-14-5/h2,4,6,13H,1,3H2,(H,12,14)(H,15,16)/t6-/m0/s1. The van der Waals surface area contributed by atoms with E-state index in [1.807, 2.05) is 5.32 Å². The highest BCUT2D eigenvalue weighted by Gasteiger charge is 2.30. The Morgan fingerprint density at radius 2 is 2.31 bits per heavy atom. The minimum Gasteiger partial charge on any atom is -0.480 e. The van der Waals surface area contributed by atoms with Crippen LogP contribution in [0.2, 0.25) is 0 Å². The Labute approximate surface area is 88.7 Å². The fourth-order valence-corrected chi connectivity index (χ4v) is 1.10. The molecule has 0 saturated carbocycles. The van der Waals surface area contributed by atoms with E-state index in [1.54, 1.807) is 0 Å². The summed E-state index contributed by atoms with van der Waals surface area (Å²) < 4.78 is 35.6. The van der Waals surface area contributed by atoms with Crippen LogP contribution in [0.5, 0.6) is 0 Å². The molecule has 0 aliphatic carbocycles. The minimum atomic E-state index is -4.43. The Balaban J connectivity index is 2.52. The molecule has 0 spiro atoms. The minimum absolute atomic E-state index is 0.102. The molecular formula is C8H10F3N3O2. The Bertz CT molecular complexity index is 337. The van der Waals surface area contributed by atoms with Crippen LogP contribution in [-0.4, -0.2) is 39.8 Å². The number of alkyl halides is 3. The average molecular weight is 237 g/mol. The second-order valence-electron chi connectivity index (χ2n) is 3.15. The molecule has 16 heavy (non-hydrogen) atoms. The zero-order valence-electron chi connectivity index (χ0n) is 8.08. The topological polar surface area (TPSA) is 78.0 Å². The van der Waals surface area contributed by atoms with E-state index in [4.69, 9.17) is 5.11 Å². The molecule has 0 saturated heterocycles. The van der Waals surface area contributed by atoms with Gasteiger partial charge in [0.1, 0.15) is 6.04 Å². The maximum absolute atomic E-state index is 11.9. The molecule has 1 aromatic heterocycles. The van der Waals surface area contributed by atoms with Gasteiger partial charge in [-0.25, -0.2) is 4.98 Å². The van der Waals surface area contributed by atoms with Crippen LogP contribution in [0.4, 0.5) is 13.2 Å². The zero-order valence-corrected chi connectivity index (χ0v) is 8.08. The number of carboxylic acids is 1. The predicted octanol–water partition coefficient (Wildman–Crippen LogP) is 0.557. The molecule has 1 heterocycles. The van der Waals surface area contributed by atoms with Crippen molar-refractivity contribution >= 4 is 5.97 Å². The van der Waals surface area contributed by atoms with Gasteiger partial charge in [0.2, 0.25) is 0 Å². The molecule has 0 radical (unpaired) electrons. The molecule has 1 atom stereocenters. The summed E-state index contributed by atoms with van der Waals surface area (Å²) in [6, 6.07) is -1.30. The quantitative estimate of drug-likeness (QED) is 0.699. The third-order valence-corrected chi connectivity index (χ3v) is 1.82. The van der Waals surface area contributed by atoms with Gasteiger partial charge in [-0.2, -0.15) is 13.2 Å². The van der Waals surface area contributed by atoms with E-state index in [0.717, 1.165) is 0 Å². The van der Waals surface area contributed by atoms with Gasteiger partial charge in [-0.05, 0) is 0 Å². The number of hydrogen-bond donors (Lipinski definition) is 3. The van der Waals surface area contributed by atoms with Crippen LogP contribution in [-0.2, 0) is 11.2 Å². The molecule has 8 heteroatoms. The number of aliphatic carboxylic acids is 1. The summed E-state index contributed by atoms with van der Waals surface area (Å²) in [6.45, 7) is -1.34. The smallest absolute Gasteiger partial charge is 0.401 e. The lowest BCUT2D eigenvalue weighted by atomic mass is 10.1. The van der Waals surface area contributed by atoms with E-state index in [-0.39, 0.29) is 6.42 Å². The number of aromatic nitrogens is 2. The average Bonchev–Trinajstić information content (AvgIpc) is 2.62. The van der Waals surface area contributed by atoms with Crippen LogP contribution < -0.4 is 5.32 Å². The molecule has 1 aromatic rings. The molecule has 0 aromatic carbocycles. The third-order valence-electron chi connectivity index (χ3n) is 1.82. The summed E-state index contributed by atoms with van der Waals surface area (Å²) in [7, 11) is 0. The van der Waals surface area contributed by atoms with E-state index in [0.29, 0.717) is 5.69 Å². The van der Waals surface area contributed by atoms with Crippen molar-refractivity contribution in [3.8, 4) is 0 Å². The number of halogens is 3. The second kappa shape index (κ2) is 4.97. The normalized spacial score (nSPS) is 13.7. The number of H-pyrrole nitrogens is 1.